The summed E-state index contributed by atoms with van der Waals surface area (Å²) in [5.74, 6) is 0.953. The quantitative estimate of drug-likeness (QED) is 0.574. The summed E-state index contributed by atoms with van der Waals surface area (Å²) in [6, 6.07) is -0.359. The standard InChI is InChI=1S/C8H14N4O2S4/c13-7-9(1-15)5-6(11(7)3-17)12(4-18)8(14)10(5)2-16/h5-6,15-18H,1-4H2. The van der Waals surface area contributed by atoms with Gasteiger partial charge in [0.05, 0.1) is 23.5 Å². The fourth-order valence-corrected chi connectivity index (χ4v) is 3.49. The summed E-state index contributed by atoms with van der Waals surface area (Å²) in [6.07, 6.45) is -0.751. The Labute approximate surface area is 127 Å². The van der Waals surface area contributed by atoms with E-state index in [1.807, 2.05) is 0 Å². The lowest BCUT2D eigenvalue weighted by Crippen LogP contribution is -2.45. The molecule has 6 nitrogen and oxygen atoms in total. The van der Waals surface area contributed by atoms with Crippen LogP contribution in [-0.2, 0) is 0 Å². The molecule has 2 rings (SSSR count). The third kappa shape index (κ3) is 1.84. The lowest BCUT2D eigenvalue weighted by atomic mass is 10.4. The van der Waals surface area contributed by atoms with Gasteiger partial charge in [-0.05, 0) is 0 Å². The molecule has 0 atom stereocenters. The van der Waals surface area contributed by atoms with Crippen molar-refractivity contribution < 1.29 is 9.59 Å². The van der Waals surface area contributed by atoms with E-state index in [9.17, 15) is 9.59 Å². The first-order chi connectivity index (χ1) is 8.62. The minimum absolute atomic E-state index is 0.180. The van der Waals surface area contributed by atoms with Gasteiger partial charge in [-0.2, -0.15) is 50.5 Å². The summed E-state index contributed by atoms with van der Waals surface area (Å²) in [5.41, 5.74) is 0. The molecule has 0 aromatic carbocycles. The minimum atomic E-state index is -0.376. The molecule has 0 N–H and O–H groups in total. The second-order valence-electron chi connectivity index (χ2n) is 3.84. The number of rotatable bonds is 4. The van der Waals surface area contributed by atoms with Gasteiger partial charge in [-0.25, -0.2) is 9.59 Å². The average molecular weight is 326 g/mol. The summed E-state index contributed by atoms with van der Waals surface area (Å²) >= 11 is 16.6. The topological polar surface area (TPSA) is 47.1 Å². The van der Waals surface area contributed by atoms with E-state index >= 15 is 0 Å². The van der Waals surface area contributed by atoms with Crippen molar-refractivity contribution in [3.8, 4) is 0 Å². The lowest BCUT2D eigenvalue weighted by Gasteiger charge is -2.27. The highest BCUT2D eigenvalue weighted by atomic mass is 32.1. The maximum absolute atomic E-state index is 12.2. The summed E-state index contributed by atoms with van der Waals surface area (Å²) < 4.78 is 0. The average Bonchev–Trinajstić information content (AvgIpc) is 2.78. The van der Waals surface area contributed by atoms with Crippen molar-refractivity contribution >= 4 is 62.6 Å². The molecule has 0 spiro atoms. The smallest absolute Gasteiger partial charge is 0.291 e. The lowest BCUT2D eigenvalue weighted by molar-refractivity contribution is 0.152. The van der Waals surface area contributed by atoms with Crippen LogP contribution in [0.5, 0.6) is 0 Å². The molecule has 0 radical (unpaired) electrons. The fourth-order valence-electron chi connectivity index (χ4n) is 2.34. The van der Waals surface area contributed by atoms with E-state index in [1.165, 1.54) is 19.6 Å². The molecule has 2 aliphatic rings. The molecule has 4 amide bonds. The van der Waals surface area contributed by atoms with Crippen LogP contribution in [0.1, 0.15) is 0 Å². The van der Waals surface area contributed by atoms with E-state index < -0.39 is 0 Å². The highest BCUT2D eigenvalue weighted by Crippen LogP contribution is 2.35. The number of amides is 4. The van der Waals surface area contributed by atoms with Gasteiger partial charge in [0.15, 0.2) is 12.3 Å². The molecular weight excluding hydrogens is 312 g/mol. The molecule has 2 aliphatic heterocycles. The first kappa shape index (κ1) is 14.4. The van der Waals surface area contributed by atoms with Crippen LogP contribution < -0.4 is 0 Å². The monoisotopic (exact) mass is 326 g/mol. The molecule has 2 saturated heterocycles. The van der Waals surface area contributed by atoms with Gasteiger partial charge < -0.3 is 0 Å². The Kier molecular flexibility index (Phi) is 4.40. The van der Waals surface area contributed by atoms with E-state index in [2.05, 4.69) is 50.5 Å². The predicted octanol–water partition coefficient (Wildman–Crippen LogP) is 0.663. The molecule has 0 saturated carbocycles. The molecular formula is C8H14N4O2S4. The molecule has 0 aliphatic carbocycles. The molecule has 0 aromatic heterocycles. The van der Waals surface area contributed by atoms with Crippen molar-refractivity contribution in [3.05, 3.63) is 0 Å². The van der Waals surface area contributed by atoms with Crippen LogP contribution in [-0.4, -0.2) is 67.5 Å². The SMILES string of the molecule is O=C1N(CS)C2C(N1CS)N(CS)C(=O)N2CS. The van der Waals surface area contributed by atoms with E-state index in [4.69, 9.17) is 0 Å². The van der Waals surface area contributed by atoms with Crippen LogP contribution >= 0.6 is 50.5 Å². The summed E-state index contributed by atoms with van der Waals surface area (Å²) in [4.78, 5) is 30.4. The predicted molar refractivity (Wildman–Crippen MR) is 81.1 cm³/mol. The number of thiol groups is 4. The van der Waals surface area contributed by atoms with Crippen LogP contribution in [0.2, 0.25) is 0 Å². The van der Waals surface area contributed by atoms with Crippen molar-refractivity contribution in [3.63, 3.8) is 0 Å². The normalized spacial score (nSPS) is 27.6. The van der Waals surface area contributed by atoms with E-state index in [0.717, 1.165) is 0 Å². The van der Waals surface area contributed by atoms with Crippen LogP contribution in [0.15, 0.2) is 0 Å². The van der Waals surface area contributed by atoms with Gasteiger partial charge in [-0.3, -0.25) is 19.6 Å². The molecule has 10 heteroatoms. The van der Waals surface area contributed by atoms with Crippen LogP contribution in [0, 0.1) is 0 Å². The van der Waals surface area contributed by atoms with Gasteiger partial charge in [0.25, 0.3) is 0 Å². The van der Waals surface area contributed by atoms with Crippen LogP contribution in [0.4, 0.5) is 9.59 Å². The van der Waals surface area contributed by atoms with Crippen molar-refractivity contribution in [2.75, 3.05) is 23.5 Å². The number of hydrogen-bond donors (Lipinski definition) is 4. The second kappa shape index (κ2) is 5.51. The number of nitrogens with zero attached hydrogens (tertiary/aromatic N) is 4. The van der Waals surface area contributed by atoms with Crippen molar-refractivity contribution in [1.29, 1.82) is 0 Å². The van der Waals surface area contributed by atoms with E-state index in [-0.39, 0.29) is 47.9 Å². The molecule has 0 aromatic rings. The molecule has 2 heterocycles. The maximum atomic E-state index is 12.2. The Bertz CT molecular complexity index is 309. The summed E-state index contributed by atoms with van der Waals surface area (Å²) in [7, 11) is 0. The Morgan fingerprint density at radius 2 is 0.889 bits per heavy atom. The third-order valence-electron chi connectivity index (χ3n) is 3.14. The van der Waals surface area contributed by atoms with Crippen LogP contribution in [0.3, 0.4) is 0 Å². The van der Waals surface area contributed by atoms with Crippen LogP contribution in [0.25, 0.3) is 0 Å². The Morgan fingerprint density at radius 1 is 0.667 bits per heavy atom. The highest BCUT2D eigenvalue weighted by molar-refractivity contribution is 7.80. The van der Waals surface area contributed by atoms with Crippen molar-refractivity contribution in [1.82, 2.24) is 19.6 Å². The van der Waals surface area contributed by atoms with Gasteiger partial charge >= 0.3 is 12.1 Å². The highest BCUT2D eigenvalue weighted by Gasteiger charge is 2.57. The first-order valence-electron chi connectivity index (χ1n) is 5.20. The maximum Gasteiger partial charge on any atom is 0.324 e. The third-order valence-corrected chi connectivity index (χ3v) is 4.36. The molecule has 18 heavy (non-hydrogen) atoms. The number of fused-ring (bicyclic) bond motifs is 1. The first-order valence-corrected chi connectivity index (χ1v) is 7.73. The summed E-state index contributed by atoms with van der Waals surface area (Å²) in [5, 5.41) is 0. The van der Waals surface area contributed by atoms with Gasteiger partial charge in [-0.15, -0.1) is 0 Å². The van der Waals surface area contributed by atoms with E-state index in [1.54, 1.807) is 0 Å². The number of urea groups is 2. The van der Waals surface area contributed by atoms with Crippen molar-refractivity contribution in [2.45, 2.75) is 12.3 Å². The number of hydrogen-bond acceptors (Lipinski definition) is 6. The zero-order valence-electron chi connectivity index (χ0n) is 9.38. The zero-order chi connectivity index (χ0) is 13.4. The van der Waals surface area contributed by atoms with E-state index in [0.29, 0.717) is 0 Å². The van der Waals surface area contributed by atoms with Gasteiger partial charge in [0.2, 0.25) is 0 Å². The molecule has 2 fully saturated rings. The second-order valence-corrected chi connectivity index (χ2v) is 4.97. The fraction of sp³-hybridized carbons (Fsp3) is 0.750. The molecule has 0 unspecified atom stereocenters. The number of carbonyl (C=O) groups is 2. The Morgan fingerprint density at radius 3 is 1.06 bits per heavy atom. The minimum Gasteiger partial charge on any atom is -0.291 e. The largest absolute Gasteiger partial charge is 0.324 e. The van der Waals surface area contributed by atoms with Gasteiger partial charge in [0.1, 0.15) is 0 Å². The van der Waals surface area contributed by atoms with Gasteiger partial charge in [-0.1, -0.05) is 0 Å². The molecule has 102 valence electrons. The van der Waals surface area contributed by atoms with Gasteiger partial charge in [0, 0.05) is 0 Å². The summed E-state index contributed by atoms with van der Waals surface area (Å²) in [6.45, 7) is 0. The Hall–Kier alpha value is -0.0600. The zero-order valence-corrected chi connectivity index (χ0v) is 13.0. The molecule has 0 bridgehead atoms. The van der Waals surface area contributed by atoms with Crippen molar-refractivity contribution in [2.24, 2.45) is 0 Å². The Balaban J connectivity index is 2.41. The number of carbonyl (C=O) groups excluding carboxylic acids is 2.